The number of nitrogens with one attached hydrogen (secondary N) is 1. The molecule has 3 N–H and O–H groups in total. The van der Waals surface area contributed by atoms with Crippen LogP contribution in [0.2, 0.25) is 0 Å². The van der Waals surface area contributed by atoms with Gasteiger partial charge in [0.15, 0.2) is 5.17 Å². The molecule has 0 aliphatic carbocycles. The molecule has 8 heteroatoms. The number of carbonyl (C=O) groups excluding carboxylic acids is 1. The summed E-state index contributed by atoms with van der Waals surface area (Å²) in [5.74, 6) is 1.27. The third-order valence-corrected chi connectivity index (χ3v) is 5.04. The lowest BCUT2D eigenvalue weighted by molar-refractivity contribution is 0.102. The number of ether oxygens (including phenoxy) is 1. The zero-order chi connectivity index (χ0) is 18.7. The van der Waals surface area contributed by atoms with Crippen molar-refractivity contribution >= 4 is 28.5 Å². The fourth-order valence-electron chi connectivity index (χ4n) is 2.79. The first-order valence-corrected chi connectivity index (χ1v) is 9.16. The van der Waals surface area contributed by atoms with Gasteiger partial charge in [0.1, 0.15) is 11.4 Å². The van der Waals surface area contributed by atoms with E-state index in [9.17, 15) is 4.79 Å². The van der Waals surface area contributed by atoms with Gasteiger partial charge in [0.05, 0.1) is 24.5 Å². The molecule has 1 aromatic carbocycles. The highest BCUT2D eigenvalue weighted by molar-refractivity contribution is 8.13. The Labute approximate surface area is 156 Å². The maximum atomic E-state index is 12.4. The summed E-state index contributed by atoms with van der Waals surface area (Å²) in [4.78, 5) is 25.2. The van der Waals surface area contributed by atoms with E-state index in [2.05, 4.69) is 20.3 Å². The van der Waals surface area contributed by atoms with E-state index in [0.717, 1.165) is 23.4 Å². The summed E-state index contributed by atoms with van der Waals surface area (Å²) >= 11 is 1.54. The second kappa shape index (κ2) is 7.33. The van der Waals surface area contributed by atoms with Crippen molar-refractivity contribution in [3.63, 3.8) is 0 Å². The van der Waals surface area contributed by atoms with Crippen LogP contribution in [0.4, 0.5) is 5.69 Å². The summed E-state index contributed by atoms with van der Waals surface area (Å²) in [7, 11) is 1.62. The van der Waals surface area contributed by atoms with Gasteiger partial charge in [-0.15, -0.1) is 0 Å². The van der Waals surface area contributed by atoms with Gasteiger partial charge in [-0.1, -0.05) is 11.8 Å². The molecular weight excluding hydrogens is 350 g/mol. The second-order valence-corrected chi connectivity index (χ2v) is 7.35. The molecule has 7 nitrogen and oxygen atoms in total. The van der Waals surface area contributed by atoms with E-state index >= 15 is 0 Å². The number of nitrogens with two attached hydrogens (primary N) is 1. The third-order valence-electron chi connectivity index (χ3n) is 4.25. The van der Waals surface area contributed by atoms with Crippen LogP contribution in [0.1, 0.15) is 35.1 Å². The van der Waals surface area contributed by atoms with Gasteiger partial charge in [0, 0.05) is 23.2 Å². The van der Waals surface area contributed by atoms with Crippen molar-refractivity contribution in [1.82, 2.24) is 9.97 Å². The Morgan fingerprint density at radius 1 is 1.35 bits per heavy atom. The first kappa shape index (κ1) is 18.2. The van der Waals surface area contributed by atoms with Gasteiger partial charge in [-0.2, -0.15) is 0 Å². The van der Waals surface area contributed by atoms with Crippen molar-refractivity contribution < 1.29 is 9.53 Å². The van der Waals surface area contributed by atoms with Crippen LogP contribution < -0.4 is 15.8 Å². The monoisotopic (exact) mass is 371 g/mol. The van der Waals surface area contributed by atoms with E-state index in [1.165, 1.54) is 6.20 Å². The van der Waals surface area contributed by atoms with E-state index < -0.39 is 5.54 Å². The number of hydrogen-bond donors (Lipinski definition) is 2. The first-order chi connectivity index (χ1) is 12.4. The van der Waals surface area contributed by atoms with Crippen molar-refractivity contribution in [3.8, 4) is 5.75 Å². The van der Waals surface area contributed by atoms with Gasteiger partial charge in [0.25, 0.3) is 5.91 Å². The Morgan fingerprint density at radius 2 is 2.15 bits per heavy atom. The Hall–Kier alpha value is -2.61. The van der Waals surface area contributed by atoms with E-state index in [-0.39, 0.29) is 11.6 Å². The lowest BCUT2D eigenvalue weighted by Gasteiger charge is -2.31. The zero-order valence-corrected chi connectivity index (χ0v) is 15.8. The molecule has 2 heterocycles. The first-order valence-electron chi connectivity index (χ1n) is 8.18. The Bertz CT molecular complexity index is 853. The maximum absolute atomic E-state index is 12.4. The average Bonchev–Trinajstić information content (AvgIpc) is 2.62. The summed E-state index contributed by atoms with van der Waals surface area (Å²) in [5, 5.41) is 3.42. The van der Waals surface area contributed by atoms with Crippen molar-refractivity contribution in [2.45, 2.75) is 25.8 Å². The van der Waals surface area contributed by atoms with Crippen LogP contribution in [0.5, 0.6) is 5.75 Å². The molecule has 0 unspecified atom stereocenters. The van der Waals surface area contributed by atoms with Crippen LogP contribution in [0, 0.1) is 6.92 Å². The normalized spacial score (nSPS) is 19.6. The molecule has 0 saturated heterocycles. The minimum absolute atomic E-state index is 0.260. The van der Waals surface area contributed by atoms with Crippen LogP contribution in [0.15, 0.2) is 35.6 Å². The van der Waals surface area contributed by atoms with Crippen LogP contribution in [0.25, 0.3) is 0 Å². The van der Waals surface area contributed by atoms with Gasteiger partial charge in [-0.25, -0.2) is 4.98 Å². The molecule has 3 rings (SSSR count). The highest BCUT2D eigenvalue weighted by atomic mass is 32.2. The molecule has 136 valence electrons. The number of methoxy groups -OCH3 is 1. The summed E-state index contributed by atoms with van der Waals surface area (Å²) in [5.41, 5.74) is 7.98. The summed E-state index contributed by atoms with van der Waals surface area (Å²) < 4.78 is 5.50. The minimum Gasteiger partial charge on any atom is -0.496 e. The van der Waals surface area contributed by atoms with E-state index in [4.69, 9.17) is 10.5 Å². The number of amidine groups is 1. The van der Waals surface area contributed by atoms with E-state index in [0.29, 0.717) is 16.6 Å². The number of rotatable bonds is 4. The van der Waals surface area contributed by atoms with Gasteiger partial charge in [-0.05, 0) is 38.5 Å². The lowest BCUT2D eigenvalue weighted by Crippen LogP contribution is -2.29. The number of nitrogens with zero attached hydrogens (tertiary/aromatic N) is 3. The van der Waals surface area contributed by atoms with Crippen molar-refractivity contribution in [2.24, 2.45) is 10.7 Å². The van der Waals surface area contributed by atoms with Crippen molar-refractivity contribution in [1.29, 1.82) is 0 Å². The summed E-state index contributed by atoms with van der Waals surface area (Å²) in [6, 6.07) is 5.49. The number of anilines is 1. The SMILES string of the molecule is COc1ccc(NC(=O)c2cnc(C)cn2)cc1[C@]1(C)CCSC(N)=N1. The fraction of sp³-hybridized carbons (Fsp3) is 0.333. The van der Waals surface area contributed by atoms with Gasteiger partial charge in [0.2, 0.25) is 0 Å². The molecule has 1 aromatic heterocycles. The molecular formula is C18H21N5O2S. The minimum atomic E-state index is -0.495. The zero-order valence-electron chi connectivity index (χ0n) is 14.9. The van der Waals surface area contributed by atoms with Gasteiger partial charge in [-0.3, -0.25) is 14.8 Å². The number of hydrogen-bond acceptors (Lipinski definition) is 7. The quantitative estimate of drug-likeness (QED) is 0.857. The third kappa shape index (κ3) is 3.80. The molecule has 0 radical (unpaired) electrons. The highest BCUT2D eigenvalue weighted by Crippen LogP contribution is 2.40. The summed E-state index contributed by atoms with van der Waals surface area (Å²) in [6.45, 7) is 3.84. The molecule has 1 aliphatic rings. The largest absolute Gasteiger partial charge is 0.496 e. The Balaban J connectivity index is 1.91. The molecule has 1 aliphatic heterocycles. The van der Waals surface area contributed by atoms with Crippen LogP contribution in [-0.4, -0.2) is 33.9 Å². The van der Waals surface area contributed by atoms with E-state index in [1.54, 1.807) is 31.1 Å². The lowest BCUT2D eigenvalue weighted by atomic mass is 9.88. The van der Waals surface area contributed by atoms with Crippen LogP contribution in [0.3, 0.4) is 0 Å². The number of amides is 1. The topological polar surface area (TPSA) is 102 Å². The van der Waals surface area contributed by atoms with Crippen LogP contribution in [-0.2, 0) is 5.54 Å². The van der Waals surface area contributed by atoms with Gasteiger partial charge < -0.3 is 15.8 Å². The molecule has 26 heavy (non-hydrogen) atoms. The Kier molecular flexibility index (Phi) is 5.13. The maximum Gasteiger partial charge on any atom is 0.275 e. The second-order valence-electron chi connectivity index (χ2n) is 6.23. The number of aromatic nitrogens is 2. The predicted molar refractivity (Wildman–Crippen MR) is 104 cm³/mol. The smallest absolute Gasteiger partial charge is 0.275 e. The summed E-state index contributed by atoms with van der Waals surface area (Å²) in [6.07, 6.45) is 3.85. The Morgan fingerprint density at radius 3 is 2.81 bits per heavy atom. The van der Waals surface area contributed by atoms with Crippen molar-refractivity contribution in [3.05, 3.63) is 47.5 Å². The number of aryl methyl sites for hydroxylation is 1. The number of thioether (sulfide) groups is 1. The molecule has 0 spiro atoms. The molecule has 1 amide bonds. The van der Waals surface area contributed by atoms with Gasteiger partial charge >= 0.3 is 0 Å². The fourth-order valence-corrected chi connectivity index (χ4v) is 3.77. The molecule has 0 bridgehead atoms. The number of benzene rings is 1. The van der Waals surface area contributed by atoms with Crippen LogP contribution >= 0.6 is 11.8 Å². The molecule has 2 aromatic rings. The molecule has 1 atom stereocenters. The molecule has 0 saturated carbocycles. The average molecular weight is 371 g/mol. The highest BCUT2D eigenvalue weighted by Gasteiger charge is 2.32. The van der Waals surface area contributed by atoms with Crippen molar-refractivity contribution in [2.75, 3.05) is 18.2 Å². The number of carbonyl (C=O) groups is 1. The predicted octanol–water partition coefficient (Wildman–Crippen LogP) is 2.71. The standard InChI is InChI=1S/C18H21N5O2S/c1-11-9-21-14(10-20-11)16(24)22-12-4-5-15(25-3)13(8-12)18(2)6-7-26-17(19)23-18/h4-5,8-10H,6-7H2,1-3H3,(H2,19,23)(H,22,24)/t18-/m0/s1. The number of aliphatic imine (C=N–C) groups is 1. The molecule has 0 fully saturated rings. The van der Waals surface area contributed by atoms with E-state index in [1.807, 2.05) is 26.0 Å².